The number of thioether (sulfide) groups is 2. The number of ether oxygens (including phenoxy) is 2. The molecule has 28 N–H and O–H groups in total. The molecule has 0 aromatic heterocycles. The van der Waals surface area contributed by atoms with Crippen molar-refractivity contribution in [1.82, 2.24) is 9.80 Å². The van der Waals surface area contributed by atoms with Crippen molar-refractivity contribution in [2.24, 2.45) is 17.8 Å². The Bertz CT molecular complexity index is 3600. The topological polar surface area (TPSA) is 385 Å². The summed E-state index contributed by atoms with van der Waals surface area (Å²) in [4.78, 5) is 6.55. The Morgan fingerprint density at radius 2 is 0.830 bits per heavy atom. The van der Waals surface area contributed by atoms with Crippen LogP contribution >= 0.6 is 23.5 Å². The first-order valence-electron chi connectivity index (χ1n) is 33.6. The number of rotatable bonds is 9. The number of nitrogens with two attached hydrogens (primary N) is 12. The predicted molar refractivity (Wildman–Crippen MR) is 411 cm³/mol. The van der Waals surface area contributed by atoms with E-state index in [1.165, 1.54) is 41.5 Å². The number of hydrogen-bond donors (Lipinski definition) is 16. The summed E-state index contributed by atoms with van der Waals surface area (Å²) in [6, 6.07) is 11.6. The van der Waals surface area contributed by atoms with Gasteiger partial charge in [0.15, 0.2) is 11.5 Å². The number of anilines is 16. The van der Waals surface area contributed by atoms with Crippen LogP contribution in [0, 0.1) is 59.3 Å². The van der Waals surface area contributed by atoms with Gasteiger partial charge in [0, 0.05) is 95.6 Å². The number of aryl methyl sites for hydroxylation is 6. The molecule has 94 heavy (non-hydrogen) atoms. The molecule has 12 rings (SSSR count). The molecule has 6 aliphatic heterocycles. The molecular weight excluding hydrogens is 1210 g/mol. The van der Waals surface area contributed by atoms with E-state index in [9.17, 15) is 0 Å². The molecule has 0 spiro atoms. The normalized spacial score (nSPS) is 18.5. The minimum absolute atomic E-state index is 0.405. The maximum atomic E-state index is 6.14. The number of fused-ring (bicyclic) bond motifs is 6. The lowest BCUT2D eigenvalue weighted by atomic mass is 9.88. The molecule has 5 atom stereocenters. The molecule has 0 fully saturated rings. The summed E-state index contributed by atoms with van der Waals surface area (Å²) in [5.74, 6) is 3.55. The van der Waals surface area contributed by atoms with Gasteiger partial charge in [-0.3, -0.25) is 0 Å². The lowest BCUT2D eigenvalue weighted by molar-refractivity contribution is 0.248. The number of nitrogen functional groups attached to an aromatic ring is 12. The zero-order valence-electron chi connectivity index (χ0n) is 58.5. The first-order chi connectivity index (χ1) is 44.6. The molecule has 0 saturated carbocycles. The number of nitrogens with zero attached hydrogens (tertiary/aromatic N) is 2. The monoisotopic (exact) mass is 1330 g/mol. The van der Waals surface area contributed by atoms with Crippen molar-refractivity contribution in [2.75, 3.05) is 170 Å². The van der Waals surface area contributed by atoms with Gasteiger partial charge < -0.3 is 109 Å². The fraction of sp³-hybridized carbons (Fsp3) is 0.500. The molecule has 0 amide bonds. The van der Waals surface area contributed by atoms with Crippen LogP contribution in [0.2, 0.25) is 0 Å². The van der Waals surface area contributed by atoms with Gasteiger partial charge in [0.1, 0.15) is 13.2 Å². The van der Waals surface area contributed by atoms with Crippen molar-refractivity contribution in [3.05, 3.63) is 92.0 Å². The van der Waals surface area contributed by atoms with Crippen LogP contribution in [-0.2, 0) is 25.7 Å². The van der Waals surface area contributed by atoms with E-state index in [0.29, 0.717) is 47.2 Å². The van der Waals surface area contributed by atoms with Gasteiger partial charge in [-0.1, -0.05) is 47.5 Å². The minimum Gasteiger partial charge on any atom is -0.489 e. The zero-order chi connectivity index (χ0) is 69.0. The maximum Gasteiger partial charge on any atom is 0.158 e. The molecular formula is C72H114N18O2S2. The highest BCUT2D eigenvalue weighted by molar-refractivity contribution is 8.00. The summed E-state index contributed by atoms with van der Waals surface area (Å²) in [6.07, 6.45) is 8.98. The summed E-state index contributed by atoms with van der Waals surface area (Å²) < 4.78 is 11.6. The van der Waals surface area contributed by atoms with Gasteiger partial charge in [-0.15, -0.1) is 23.5 Å². The van der Waals surface area contributed by atoms with Crippen LogP contribution in [0.15, 0.2) is 46.2 Å². The van der Waals surface area contributed by atoms with E-state index in [1.54, 1.807) is 23.5 Å². The van der Waals surface area contributed by atoms with Crippen molar-refractivity contribution in [3.8, 4) is 11.5 Å². The first kappa shape index (κ1) is 73.7. The highest BCUT2D eigenvalue weighted by Gasteiger charge is 2.29. The second-order valence-corrected chi connectivity index (χ2v) is 29.2. The smallest absolute Gasteiger partial charge is 0.158 e. The Morgan fingerprint density at radius 3 is 1.26 bits per heavy atom. The van der Waals surface area contributed by atoms with E-state index in [4.69, 9.17) is 78.3 Å². The van der Waals surface area contributed by atoms with Gasteiger partial charge in [-0.25, -0.2) is 0 Å². The quantitative estimate of drug-likeness (QED) is 0.0598. The molecule has 5 unspecified atom stereocenters. The van der Waals surface area contributed by atoms with Crippen molar-refractivity contribution >= 4 is 115 Å². The van der Waals surface area contributed by atoms with Crippen molar-refractivity contribution in [3.63, 3.8) is 0 Å². The fourth-order valence-electron chi connectivity index (χ4n) is 13.0. The second kappa shape index (κ2) is 33.1. The van der Waals surface area contributed by atoms with Gasteiger partial charge in [0.25, 0.3) is 0 Å². The number of hydrogen-bond acceptors (Lipinski definition) is 22. The zero-order valence-corrected chi connectivity index (χ0v) is 60.2. The number of benzene rings is 6. The number of nitrogens with one attached hydrogen (secondary N) is 4. The lowest BCUT2D eigenvalue weighted by Crippen LogP contribution is -2.35. The van der Waals surface area contributed by atoms with E-state index in [1.807, 2.05) is 77.9 Å². The molecule has 6 aliphatic rings. The summed E-state index contributed by atoms with van der Waals surface area (Å²) in [5, 5.41) is 14.3. The van der Waals surface area contributed by atoms with E-state index in [2.05, 4.69) is 79.8 Å². The lowest BCUT2D eigenvalue weighted by Gasteiger charge is -2.30. The maximum absolute atomic E-state index is 6.14. The first-order valence-corrected chi connectivity index (χ1v) is 35.3. The van der Waals surface area contributed by atoms with Crippen molar-refractivity contribution in [2.45, 2.75) is 148 Å². The molecule has 6 aromatic rings. The summed E-state index contributed by atoms with van der Waals surface area (Å²) >= 11 is 3.56. The molecule has 0 saturated heterocycles. The van der Waals surface area contributed by atoms with E-state index in [-0.39, 0.29) is 0 Å². The summed E-state index contributed by atoms with van der Waals surface area (Å²) in [6.45, 7) is 32.5. The fourth-order valence-corrected chi connectivity index (χ4v) is 15.5. The van der Waals surface area contributed by atoms with Gasteiger partial charge in [0.05, 0.1) is 77.2 Å². The molecule has 20 nitrogen and oxygen atoms in total. The van der Waals surface area contributed by atoms with Crippen LogP contribution in [0.25, 0.3) is 0 Å². The Hall–Kier alpha value is -7.66. The molecule has 0 radical (unpaired) electrons. The molecule has 0 aliphatic carbocycles. The SMILES string of the molecule is CCC1CNc2c(N)cc(C)c(N)c2C1.CCCC1CNc2c(N)cc(C)c(N)c2C1.CCN(CC)CC1COc2c(N)c(C)cc(N)c2S1.Cc1cc(N)c2c(c1N)CC(C)CN2.Cc1cc(N)c2c(c1N)CCCN2.Cc1cc(N)c2c(c1N)OCC(CN(C)C)S2. The van der Waals surface area contributed by atoms with E-state index < -0.39 is 0 Å². The third-order valence-electron chi connectivity index (χ3n) is 18.7. The Balaban J connectivity index is 0.000000160. The standard InChI is InChI=1S/C14H23N3OS.C13H21N3.C12H19N3OS.C12H19N3.C11H17N3.C10H15N3/c1-4-17(5-2)7-10-8-18-13-12(16)9(3)6-11(15)14(13)19-10;1-3-4-9-6-10-12(15)8(2)5-11(14)13(10)16-7-9;1-7-4-9(13)12-11(10(7)14)16-6-8(17-12)5-15(2)3;1-3-8-5-9-11(14)7(2)4-10(13)12(9)15-6-8;1-6-3-8-10(13)7(2)4-9(12)11(8)14-5-6;1-6-5-8(11)10-7(9(6)12)3-2-4-13-10/h6,10H,4-5,7-8,15-16H2,1-3H3;5,9,16H,3-4,6-7,14-15H2,1-2H3;4,8H,5-6,13-14H2,1-3H3;4,8,15H,3,5-6,13-14H2,1-2H3;4,6,14H,3,5,12-13H2,1-2H3;5,13H,2-4,11-12H2,1H3. The van der Waals surface area contributed by atoms with E-state index in [0.717, 1.165) is 224 Å². The van der Waals surface area contributed by atoms with Crippen molar-refractivity contribution < 1.29 is 9.47 Å². The Labute approximate surface area is 569 Å². The van der Waals surface area contributed by atoms with Gasteiger partial charge in [0.2, 0.25) is 0 Å². The van der Waals surface area contributed by atoms with Crippen molar-refractivity contribution in [1.29, 1.82) is 0 Å². The highest BCUT2D eigenvalue weighted by Crippen LogP contribution is 2.48. The van der Waals surface area contributed by atoms with Crippen LogP contribution in [0.4, 0.5) is 91.0 Å². The van der Waals surface area contributed by atoms with Gasteiger partial charge in [-0.2, -0.15) is 0 Å². The van der Waals surface area contributed by atoms with Crippen LogP contribution < -0.4 is 99.5 Å². The van der Waals surface area contributed by atoms with Crippen LogP contribution in [0.1, 0.15) is 116 Å². The van der Waals surface area contributed by atoms with Crippen LogP contribution in [0.5, 0.6) is 11.5 Å². The van der Waals surface area contributed by atoms with Gasteiger partial charge >= 0.3 is 0 Å². The molecule has 6 heterocycles. The summed E-state index contributed by atoms with van der Waals surface area (Å²) in [5.41, 5.74) is 97.5. The molecule has 6 aromatic carbocycles. The van der Waals surface area contributed by atoms with Gasteiger partial charge in [-0.05, 0) is 195 Å². The average molecular weight is 1330 g/mol. The van der Waals surface area contributed by atoms with Crippen LogP contribution in [0.3, 0.4) is 0 Å². The summed E-state index contributed by atoms with van der Waals surface area (Å²) in [7, 11) is 4.12. The minimum atomic E-state index is 0.405. The average Bonchev–Trinajstić information content (AvgIpc) is 0.857. The molecule has 516 valence electrons. The van der Waals surface area contributed by atoms with E-state index >= 15 is 0 Å². The predicted octanol–water partition coefficient (Wildman–Crippen LogP) is 11.9. The molecule has 22 heteroatoms. The highest BCUT2D eigenvalue weighted by atomic mass is 32.2. The molecule has 0 bridgehead atoms. The Morgan fingerprint density at radius 1 is 0.457 bits per heavy atom. The van der Waals surface area contributed by atoms with Crippen LogP contribution in [-0.4, -0.2) is 100.0 Å². The Kier molecular flexibility index (Phi) is 26.0. The largest absolute Gasteiger partial charge is 0.489 e. The third kappa shape index (κ3) is 17.8. The third-order valence-corrected chi connectivity index (χ3v) is 21.2. The second-order valence-electron chi connectivity index (χ2n) is 26.6.